The van der Waals surface area contributed by atoms with E-state index in [0.717, 1.165) is 31.2 Å². The zero-order valence-electron chi connectivity index (χ0n) is 14.5. The molecule has 0 atom stereocenters. The van der Waals surface area contributed by atoms with Crippen LogP contribution in [0.25, 0.3) is 5.69 Å². The molecule has 0 aliphatic rings. The third kappa shape index (κ3) is 6.90. The van der Waals surface area contributed by atoms with Crippen molar-refractivity contribution < 1.29 is 0 Å². The Morgan fingerprint density at radius 1 is 1.12 bits per heavy atom. The highest BCUT2D eigenvalue weighted by Crippen LogP contribution is 2.07. The number of hydrogen-bond donors (Lipinski definition) is 2. The summed E-state index contributed by atoms with van der Waals surface area (Å²) < 4.78 is 1.91. The molecule has 0 saturated heterocycles. The maximum Gasteiger partial charge on any atom is 0.190 e. The molecule has 1 aromatic carbocycles. The van der Waals surface area contributed by atoms with Gasteiger partial charge in [-0.1, -0.05) is 38.0 Å². The fourth-order valence-electron chi connectivity index (χ4n) is 2.34. The molecule has 132 valence electrons. The summed E-state index contributed by atoms with van der Waals surface area (Å²) in [4.78, 5) is 4.24. The molecule has 0 unspecified atom stereocenters. The predicted octanol–water partition coefficient (Wildman–Crippen LogP) is 3.39. The molecule has 0 aliphatic carbocycles. The van der Waals surface area contributed by atoms with E-state index in [1.807, 2.05) is 36.1 Å². The lowest BCUT2D eigenvalue weighted by atomic mass is 10.2. The number of aliphatic imine (C=N–C) groups is 1. The number of unbranched alkanes of at least 4 members (excludes halogenated alkanes) is 2. The molecule has 0 aliphatic heterocycles. The van der Waals surface area contributed by atoms with Gasteiger partial charge < -0.3 is 10.6 Å². The Bertz CT molecular complexity index is 594. The Morgan fingerprint density at radius 3 is 2.58 bits per heavy atom. The van der Waals surface area contributed by atoms with Gasteiger partial charge in [0.05, 0.1) is 11.9 Å². The van der Waals surface area contributed by atoms with Crippen molar-refractivity contribution in [2.24, 2.45) is 4.99 Å². The Kier molecular flexibility index (Phi) is 10.1. The third-order valence-electron chi connectivity index (χ3n) is 3.66. The van der Waals surface area contributed by atoms with Crippen LogP contribution in [-0.2, 0) is 6.42 Å². The van der Waals surface area contributed by atoms with Crippen LogP contribution in [0.2, 0.25) is 0 Å². The van der Waals surface area contributed by atoms with Crippen LogP contribution in [0.3, 0.4) is 0 Å². The van der Waals surface area contributed by atoms with Crippen molar-refractivity contribution in [3.8, 4) is 5.69 Å². The van der Waals surface area contributed by atoms with Crippen molar-refractivity contribution in [1.29, 1.82) is 0 Å². The molecule has 0 spiro atoms. The minimum Gasteiger partial charge on any atom is -0.356 e. The van der Waals surface area contributed by atoms with E-state index < -0.39 is 0 Å². The topological polar surface area (TPSA) is 54.2 Å². The molecule has 5 nitrogen and oxygen atoms in total. The van der Waals surface area contributed by atoms with Crippen molar-refractivity contribution >= 4 is 29.9 Å². The summed E-state index contributed by atoms with van der Waals surface area (Å²) in [6, 6.07) is 10.2. The lowest BCUT2D eigenvalue weighted by molar-refractivity contribution is 0.682. The Balaban J connectivity index is 0.00000288. The van der Waals surface area contributed by atoms with Crippen LogP contribution in [0.5, 0.6) is 0 Å². The van der Waals surface area contributed by atoms with Crippen LogP contribution >= 0.6 is 24.0 Å². The van der Waals surface area contributed by atoms with Crippen LogP contribution in [0.4, 0.5) is 0 Å². The largest absolute Gasteiger partial charge is 0.356 e. The standard InChI is InChI=1S/C18H27N5.HI/c1-3-4-8-12-20-18(19-2)21-13-11-16-14-22-23(15-16)17-9-6-5-7-10-17;/h5-7,9-10,14-15H,3-4,8,11-13H2,1-2H3,(H2,19,20,21);1H. The molecule has 2 N–H and O–H groups in total. The molecule has 0 amide bonds. The van der Waals surface area contributed by atoms with Crippen LogP contribution < -0.4 is 10.6 Å². The molecule has 24 heavy (non-hydrogen) atoms. The van der Waals surface area contributed by atoms with E-state index in [9.17, 15) is 0 Å². The molecule has 0 bridgehead atoms. The van der Waals surface area contributed by atoms with Gasteiger partial charge >= 0.3 is 0 Å². The number of hydrogen-bond acceptors (Lipinski definition) is 2. The first kappa shape index (κ1) is 20.5. The van der Waals surface area contributed by atoms with E-state index in [1.54, 1.807) is 0 Å². The lowest BCUT2D eigenvalue weighted by Crippen LogP contribution is -2.38. The first-order valence-electron chi connectivity index (χ1n) is 8.37. The highest BCUT2D eigenvalue weighted by Gasteiger charge is 2.02. The van der Waals surface area contributed by atoms with Crippen molar-refractivity contribution in [1.82, 2.24) is 20.4 Å². The number of para-hydroxylation sites is 1. The fourth-order valence-corrected chi connectivity index (χ4v) is 2.34. The Hall–Kier alpha value is -1.57. The maximum absolute atomic E-state index is 4.42. The minimum atomic E-state index is 0. The first-order valence-corrected chi connectivity index (χ1v) is 8.37. The maximum atomic E-state index is 4.42. The van der Waals surface area contributed by atoms with Gasteiger partial charge in [-0.3, -0.25) is 4.99 Å². The highest BCUT2D eigenvalue weighted by molar-refractivity contribution is 14.0. The summed E-state index contributed by atoms with van der Waals surface area (Å²) >= 11 is 0. The molecule has 2 aromatic rings. The zero-order valence-corrected chi connectivity index (χ0v) is 16.9. The molecular weight excluding hydrogens is 413 g/mol. The van der Waals surface area contributed by atoms with Gasteiger partial charge in [-0.15, -0.1) is 24.0 Å². The van der Waals surface area contributed by atoms with E-state index in [-0.39, 0.29) is 24.0 Å². The molecule has 0 fully saturated rings. The van der Waals surface area contributed by atoms with Gasteiger partial charge in [0.15, 0.2) is 5.96 Å². The van der Waals surface area contributed by atoms with Crippen LogP contribution in [0.1, 0.15) is 31.7 Å². The summed E-state index contributed by atoms with van der Waals surface area (Å²) in [6.07, 6.45) is 8.59. The van der Waals surface area contributed by atoms with Crippen molar-refractivity contribution in [3.05, 3.63) is 48.3 Å². The summed E-state index contributed by atoms with van der Waals surface area (Å²) in [5.74, 6) is 0.872. The average molecular weight is 441 g/mol. The number of nitrogens with one attached hydrogen (secondary N) is 2. The van der Waals surface area contributed by atoms with Crippen molar-refractivity contribution in [2.75, 3.05) is 20.1 Å². The monoisotopic (exact) mass is 441 g/mol. The van der Waals surface area contributed by atoms with Crippen LogP contribution in [0, 0.1) is 0 Å². The van der Waals surface area contributed by atoms with Gasteiger partial charge in [0.2, 0.25) is 0 Å². The second-order valence-corrected chi connectivity index (χ2v) is 5.51. The lowest BCUT2D eigenvalue weighted by Gasteiger charge is -2.11. The van der Waals surface area contributed by atoms with Gasteiger partial charge in [0, 0.05) is 26.3 Å². The number of aromatic nitrogens is 2. The third-order valence-corrected chi connectivity index (χ3v) is 3.66. The van der Waals surface area contributed by atoms with Gasteiger partial charge in [-0.25, -0.2) is 4.68 Å². The molecule has 6 heteroatoms. The minimum absolute atomic E-state index is 0. The van der Waals surface area contributed by atoms with E-state index in [0.29, 0.717) is 0 Å². The Morgan fingerprint density at radius 2 is 1.88 bits per heavy atom. The summed E-state index contributed by atoms with van der Waals surface area (Å²) in [5, 5.41) is 11.1. The second-order valence-electron chi connectivity index (χ2n) is 5.51. The van der Waals surface area contributed by atoms with Gasteiger partial charge in [0.25, 0.3) is 0 Å². The highest BCUT2D eigenvalue weighted by atomic mass is 127. The number of nitrogens with zero attached hydrogens (tertiary/aromatic N) is 3. The van der Waals surface area contributed by atoms with E-state index in [2.05, 4.69) is 46.0 Å². The van der Waals surface area contributed by atoms with Crippen molar-refractivity contribution in [2.45, 2.75) is 32.6 Å². The predicted molar refractivity (Wildman–Crippen MR) is 112 cm³/mol. The van der Waals surface area contributed by atoms with E-state index >= 15 is 0 Å². The van der Waals surface area contributed by atoms with Gasteiger partial charge in [0.1, 0.15) is 0 Å². The smallest absolute Gasteiger partial charge is 0.190 e. The molecule has 0 saturated carbocycles. The fraction of sp³-hybridized carbons (Fsp3) is 0.444. The SMILES string of the molecule is CCCCCNC(=NC)NCCc1cnn(-c2ccccc2)c1.I. The van der Waals surface area contributed by atoms with Crippen LogP contribution in [0.15, 0.2) is 47.7 Å². The zero-order chi connectivity index (χ0) is 16.3. The number of halogens is 1. The van der Waals surface area contributed by atoms with Gasteiger partial charge in [-0.2, -0.15) is 5.10 Å². The summed E-state index contributed by atoms with van der Waals surface area (Å²) in [7, 11) is 1.81. The molecular formula is C18H28IN5. The Labute approximate surface area is 162 Å². The first-order chi connectivity index (χ1) is 11.3. The number of rotatable bonds is 8. The summed E-state index contributed by atoms with van der Waals surface area (Å²) in [6.45, 7) is 4.02. The van der Waals surface area contributed by atoms with E-state index in [1.165, 1.54) is 24.8 Å². The quantitative estimate of drug-likeness (QED) is 0.286. The summed E-state index contributed by atoms with van der Waals surface area (Å²) in [5.41, 5.74) is 2.29. The molecule has 1 aromatic heterocycles. The number of benzene rings is 1. The molecule has 1 heterocycles. The average Bonchev–Trinajstić information content (AvgIpc) is 3.07. The van der Waals surface area contributed by atoms with E-state index in [4.69, 9.17) is 0 Å². The van der Waals surface area contributed by atoms with Crippen molar-refractivity contribution in [3.63, 3.8) is 0 Å². The number of guanidine groups is 1. The van der Waals surface area contributed by atoms with Gasteiger partial charge in [-0.05, 0) is 30.5 Å². The second kappa shape index (κ2) is 11.9. The normalized spacial score (nSPS) is 11.0. The molecule has 2 rings (SSSR count). The van der Waals surface area contributed by atoms with Crippen LogP contribution in [-0.4, -0.2) is 35.9 Å². The molecule has 0 radical (unpaired) electrons.